The van der Waals surface area contributed by atoms with E-state index < -0.39 is 0 Å². The molecule has 2 aromatic rings. The van der Waals surface area contributed by atoms with Crippen LogP contribution in [0.2, 0.25) is 5.02 Å². The first-order valence-corrected chi connectivity index (χ1v) is 5.40. The van der Waals surface area contributed by atoms with Gasteiger partial charge < -0.3 is 10.3 Å². The van der Waals surface area contributed by atoms with Crippen molar-refractivity contribution in [1.82, 2.24) is 9.55 Å². The van der Waals surface area contributed by atoms with E-state index in [4.69, 9.17) is 17.3 Å². The lowest BCUT2D eigenvalue weighted by Crippen LogP contribution is -2.08. The zero-order valence-electron chi connectivity index (χ0n) is 7.37. The summed E-state index contributed by atoms with van der Waals surface area (Å²) >= 11 is 9.54. The van der Waals surface area contributed by atoms with Gasteiger partial charge in [-0.15, -0.1) is 0 Å². The van der Waals surface area contributed by atoms with Gasteiger partial charge in [0.25, 0.3) is 0 Å². The molecule has 0 radical (unpaired) electrons. The van der Waals surface area contributed by atoms with Crippen molar-refractivity contribution in [2.45, 2.75) is 6.54 Å². The maximum Gasteiger partial charge on any atom is 0.0959 e. The molecule has 0 amide bonds. The summed E-state index contributed by atoms with van der Waals surface area (Å²) in [6.45, 7) is 1.31. The summed E-state index contributed by atoms with van der Waals surface area (Å²) in [5, 5.41) is 0.688. The van der Waals surface area contributed by atoms with Crippen molar-refractivity contribution in [3.8, 4) is 0 Å². The van der Waals surface area contributed by atoms with Crippen molar-refractivity contribution < 1.29 is 0 Å². The molecule has 2 N–H and O–H groups in total. The summed E-state index contributed by atoms with van der Waals surface area (Å²) in [5.74, 6) is 0. The molecule has 0 bridgehead atoms. The van der Waals surface area contributed by atoms with Gasteiger partial charge in [-0.25, -0.2) is 4.98 Å². The number of imidazole rings is 1. The first kappa shape index (κ1) is 9.96. The lowest BCUT2D eigenvalue weighted by molar-refractivity contribution is 0.728. The van der Waals surface area contributed by atoms with Crippen LogP contribution in [0.25, 0.3) is 11.0 Å². The van der Waals surface area contributed by atoms with Crippen molar-refractivity contribution >= 4 is 38.6 Å². The van der Waals surface area contributed by atoms with E-state index in [1.807, 2.05) is 16.7 Å². The van der Waals surface area contributed by atoms with Gasteiger partial charge in [0.1, 0.15) is 0 Å². The monoisotopic (exact) mass is 273 g/mol. The van der Waals surface area contributed by atoms with E-state index in [9.17, 15) is 0 Å². The van der Waals surface area contributed by atoms with Crippen LogP contribution in [0.4, 0.5) is 0 Å². The molecule has 0 saturated heterocycles. The number of nitrogens with two attached hydrogens (primary N) is 1. The number of nitrogens with zero attached hydrogens (tertiary/aromatic N) is 2. The van der Waals surface area contributed by atoms with Gasteiger partial charge in [-0.2, -0.15) is 0 Å². The Morgan fingerprint density at radius 1 is 1.50 bits per heavy atom. The van der Waals surface area contributed by atoms with Crippen molar-refractivity contribution in [1.29, 1.82) is 0 Å². The highest BCUT2D eigenvalue weighted by Crippen LogP contribution is 2.30. The quantitative estimate of drug-likeness (QED) is 0.914. The Balaban J connectivity index is 2.69. The SMILES string of the molecule is NCCn1cnc2ccc(Br)c(Cl)c21. The number of hydrogen-bond donors (Lipinski definition) is 1. The Morgan fingerprint density at radius 3 is 3.00 bits per heavy atom. The minimum Gasteiger partial charge on any atom is -0.329 e. The normalized spacial score (nSPS) is 11.1. The van der Waals surface area contributed by atoms with Crippen molar-refractivity contribution in [3.05, 3.63) is 28.0 Å². The highest BCUT2D eigenvalue weighted by Gasteiger charge is 2.08. The van der Waals surface area contributed by atoms with E-state index >= 15 is 0 Å². The van der Waals surface area contributed by atoms with E-state index in [1.165, 1.54) is 0 Å². The van der Waals surface area contributed by atoms with Gasteiger partial charge in [0, 0.05) is 17.6 Å². The Kier molecular flexibility index (Phi) is 2.76. The maximum absolute atomic E-state index is 6.16. The fourth-order valence-corrected chi connectivity index (χ4v) is 1.99. The molecule has 0 spiro atoms. The molecule has 0 saturated carbocycles. The lowest BCUT2D eigenvalue weighted by atomic mass is 10.3. The smallest absolute Gasteiger partial charge is 0.0959 e. The predicted octanol–water partition coefficient (Wildman–Crippen LogP) is 2.41. The molecule has 0 fully saturated rings. The van der Waals surface area contributed by atoms with Crippen LogP contribution in [0.1, 0.15) is 0 Å². The van der Waals surface area contributed by atoms with Crippen LogP contribution in [0.3, 0.4) is 0 Å². The lowest BCUT2D eigenvalue weighted by Gasteiger charge is -2.03. The Bertz CT molecular complexity index is 466. The minimum absolute atomic E-state index is 0.578. The fourth-order valence-electron chi connectivity index (χ4n) is 1.41. The molecule has 14 heavy (non-hydrogen) atoms. The third kappa shape index (κ3) is 1.54. The van der Waals surface area contributed by atoms with Gasteiger partial charge in [0.05, 0.1) is 22.4 Å². The molecule has 1 aromatic heterocycles. The molecule has 0 aliphatic carbocycles. The number of rotatable bonds is 2. The molecule has 2 rings (SSSR count). The van der Waals surface area contributed by atoms with Crippen LogP contribution in [-0.4, -0.2) is 16.1 Å². The summed E-state index contributed by atoms with van der Waals surface area (Å²) in [5.41, 5.74) is 7.33. The maximum atomic E-state index is 6.16. The standard InChI is InChI=1S/C9H9BrClN3/c10-6-1-2-7-9(8(6)11)14(4-3-12)5-13-7/h1-2,5H,3-4,12H2. The third-order valence-electron chi connectivity index (χ3n) is 2.04. The second kappa shape index (κ2) is 3.88. The summed E-state index contributed by atoms with van der Waals surface area (Å²) in [4.78, 5) is 4.24. The van der Waals surface area contributed by atoms with Crippen LogP contribution in [0.15, 0.2) is 22.9 Å². The number of benzene rings is 1. The van der Waals surface area contributed by atoms with E-state index in [1.54, 1.807) is 6.33 Å². The highest BCUT2D eigenvalue weighted by atomic mass is 79.9. The topological polar surface area (TPSA) is 43.8 Å². The van der Waals surface area contributed by atoms with Gasteiger partial charge in [-0.3, -0.25) is 0 Å². The molecular formula is C9H9BrClN3. The van der Waals surface area contributed by atoms with Gasteiger partial charge in [-0.1, -0.05) is 11.6 Å². The first-order valence-electron chi connectivity index (χ1n) is 4.23. The zero-order valence-corrected chi connectivity index (χ0v) is 9.72. The first-order chi connectivity index (χ1) is 6.74. The zero-order chi connectivity index (χ0) is 10.1. The molecule has 3 nitrogen and oxygen atoms in total. The molecular weight excluding hydrogens is 265 g/mol. The van der Waals surface area contributed by atoms with Gasteiger partial charge in [-0.05, 0) is 28.1 Å². The summed E-state index contributed by atoms with van der Waals surface area (Å²) in [6, 6.07) is 3.82. The van der Waals surface area contributed by atoms with Crippen LogP contribution in [0, 0.1) is 0 Å². The molecule has 0 unspecified atom stereocenters. The molecule has 74 valence electrons. The van der Waals surface area contributed by atoms with Crippen LogP contribution in [-0.2, 0) is 6.54 Å². The van der Waals surface area contributed by atoms with Gasteiger partial charge >= 0.3 is 0 Å². The number of halogens is 2. The average Bonchev–Trinajstić information content (AvgIpc) is 2.57. The molecule has 1 aromatic carbocycles. The molecule has 0 aliphatic heterocycles. The predicted molar refractivity (Wildman–Crippen MR) is 61.5 cm³/mol. The minimum atomic E-state index is 0.578. The van der Waals surface area contributed by atoms with E-state index in [2.05, 4.69) is 20.9 Å². The molecule has 5 heteroatoms. The molecule has 1 heterocycles. The van der Waals surface area contributed by atoms with Crippen molar-refractivity contribution in [3.63, 3.8) is 0 Å². The van der Waals surface area contributed by atoms with Gasteiger partial charge in [0.15, 0.2) is 0 Å². The van der Waals surface area contributed by atoms with Crippen molar-refractivity contribution in [2.75, 3.05) is 6.54 Å². The third-order valence-corrected chi connectivity index (χ3v) is 3.31. The van der Waals surface area contributed by atoms with Crippen LogP contribution >= 0.6 is 27.5 Å². The van der Waals surface area contributed by atoms with Crippen molar-refractivity contribution in [2.24, 2.45) is 5.73 Å². The van der Waals surface area contributed by atoms with E-state index in [-0.39, 0.29) is 0 Å². The summed E-state index contributed by atoms with van der Waals surface area (Å²) < 4.78 is 2.84. The number of fused-ring (bicyclic) bond motifs is 1. The molecule has 0 atom stereocenters. The number of aromatic nitrogens is 2. The van der Waals surface area contributed by atoms with Crippen LogP contribution < -0.4 is 5.73 Å². The molecule has 0 aliphatic rings. The highest BCUT2D eigenvalue weighted by molar-refractivity contribution is 9.10. The summed E-state index contributed by atoms with van der Waals surface area (Å²) in [7, 11) is 0. The second-order valence-corrected chi connectivity index (χ2v) is 4.19. The Morgan fingerprint density at radius 2 is 2.29 bits per heavy atom. The average molecular weight is 275 g/mol. The largest absolute Gasteiger partial charge is 0.329 e. The van der Waals surface area contributed by atoms with Crippen LogP contribution in [0.5, 0.6) is 0 Å². The van der Waals surface area contributed by atoms with E-state index in [0.29, 0.717) is 11.6 Å². The second-order valence-electron chi connectivity index (χ2n) is 2.96. The number of hydrogen-bond acceptors (Lipinski definition) is 2. The van der Waals surface area contributed by atoms with E-state index in [0.717, 1.165) is 22.1 Å². The van der Waals surface area contributed by atoms with Gasteiger partial charge in [0.2, 0.25) is 0 Å². The fraction of sp³-hybridized carbons (Fsp3) is 0.222. The summed E-state index contributed by atoms with van der Waals surface area (Å²) in [6.07, 6.45) is 1.76. The Labute approximate surface area is 95.0 Å². The Hall–Kier alpha value is -0.580.